The first-order chi connectivity index (χ1) is 28.4. The average molecular weight is 835 g/mol. The van der Waals surface area contributed by atoms with Crippen molar-refractivity contribution in [2.24, 2.45) is 5.92 Å². The molecular weight excluding hydrogens is 792 g/mol. The van der Waals surface area contributed by atoms with Crippen molar-refractivity contribution >= 4 is 75.5 Å². The number of hydrogen-bond acceptors (Lipinski definition) is 11. The Morgan fingerprint density at radius 1 is 0.915 bits per heavy atom. The van der Waals surface area contributed by atoms with Gasteiger partial charge in [0.2, 0.25) is 11.8 Å². The van der Waals surface area contributed by atoms with E-state index in [1.807, 2.05) is 42.2 Å². The first kappa shape index (κ1) is 39.1. The normalized spacial score (nSPS) is 22.6. The second-order valence-corrected chi connectivity index (χ2v) is 17.2. The second kappa shape index (κ2) is 15.3. The van der Waals surface area contributed by atoms with Crippen LogP contribution >= 0.6 is 23.8 Å². The zero-order valence-corrected chi connectivity index (χ0v) is 34.2. The lowest BCUT2D eigenvalue weighted by atomic mass is 9.75. The third-order valence-corrected chi connectivity index (χ3v) is 13.6. The van der Waals surface area contributed by atoms with E-state index in [9.17, 15) is 29.2 Å². The molecule has 2 aromatic carbocycles. The summed E-state index contributed by atoms with van der Waals surface area (Å²) in [5, 5.41) is 12.1. The molecule has 1 aliphatic carbocycles. The number of aromatic nitrogens is 1. The van der Waals surface area contributed by atoms with Gasteiger partial charge in [0, 0.05) is 50.5 Å². The van der Waals surface area contributed by atoms with Crippen molar-refractivity contribution in [2.45, 2.75) is 82.4 Å². The zero-order valence-electron chi connectivity index (χ0n) is 32.6. The number of rotatable bonds is 8. The van der Waals surface area contributed by atoms with Crippen LogP contribution in [0.25, 0.3) is 0 Å². The number of aryl methyl sites for hydroxylation is 1. The van der Waals surface area contributed by atoms with Gasteiger partial charge in [-0.25, -0.2) is 4.98 Å². The van der Waals surface area contributed by atoms with Gasteiger partial charge < -0.3 is 19.4 Å². The Labute approximate surface area is 352 Å². The lowest BCUT2D eigenvalue weighted by molar-refractivity contribution is -0.136. The zero-order chi connectivity index (χ0) is 41.2. The second-order valence-electron chi connectivity index (χ2n) is 16.5. The van der Waals surface area contributed by atoms with E-state index in [2.05, 4.69) is 20.1 Å². The Morgan fingerprint density at radius 2 is 1.64 bits per heavy atom. The van der Waals surface area contributed by atoms with Gasteiger partial charge in [0.25, 0.3) is 17.7 Å². The van der Waals surface area contributed by atoms with Gasteiger partial charge in [-0.1, -0.05) is 11.6 Å². The molecule has 6 heterocycles. The van der Waals surface area contributed by atoms with Crippen molar-refractivity contribution in [3.63, 3.8) is 0 Å². The van der Waals surface area contributed by atoms with Gasteiger partial charge in [-0.3, -0.25) is 39.1 Å². The molecule has 1 atom stereocenters. The highest BCUT2D eigenvalue weighted by Gasteiger charge is 2.59. The van der Waals surface area contributed by atoms with Crippen LogP contribution in [-0.2, 0) is 14.4 Å². The maximum Gasteiger partial charge on any atom is 0.262 e. The molecule has 4 saturated heterocycles. The van der Waals surface area contributed by atoms with Crippen molar-refractivity contribution in [2.75, 3.05) is 47.4 Å². The van der Waals surface area contributed by atoms with E-state index in [0.717, 1.165) is 92.4 Å². The molecule has 5 aliphatic heterocycles. The van der Waals surface area contributed by atoms with E-state index in [0.29, 0.717) is 40.7 Å². The van der Waals surface area contributed by atoms with Crippen LogP contribution in [0.2, 0.25) is 5.02 Å². The number of nitrogens with zero attached hydrogens (tertiary/aromatic N) is 7. The summed E-state index contributed by atoms with van der Waals surface area (Å²) >= 11 is 12.2. The van der Waals surface area contributed by atoms with Gasteiger partial charge in [-0.15, -0.1) is 0 Å². The van der Waals surface area contributed by atoms with E-state index in [-0.39, 0.29) is 35.6 Å². The summed E-state index contributed by atoms with van der Waals surface area (Å²) in [4.78, 5) is 77.9. The molecule has 1 unspecified atom stereocenters. The molecule has 3 aromatic rings. The third-order valence-electron chi connectivity index (χ3n) is 12.9. The number of carbonyl (C=O) groups excluding carboxylic acids is 5. The van der Waals surface area contributed by atoms with Crippen LogP contribution < -0.4 is 24.8 Å². The molecule has 59 heavy (non-hydrogen) atoms. The fraction of sp³-hybridized carbons (Fsp3) is 0.442. The number of fused-ring (bicyclic) bond motifs is 1. The number of halogens is 1. The maximum absolute atomic E-state index is 13.9. The number of hydrogen-bond donors (Lipinski definition) is 1. The van der Waals surface area contributed by atoms with Gasteiger partial charge in [-0.05, 0) is 124 Å². The fourth-order valence-electron chi connectivity index (χ4n) is 9.53. The standard InChI is InChI=1S/C43H43ClN8O6S/c1-25-19-28(52-42(59)50(41(57)43(52)13-2-14-43)29-21-33(44)34(22-45)46-23-29)4-7-36(25)58-30-11-15-48(16-12-30)24-26-9-17-49(18-10-26)27-3-5-31-32(20-27)40(56)51(39(31)55)35-6-8-37(53)47-38(35)54/h3-5,7,19-21,23,26,30,35H,2,6,8-18,24H2,1H3,(H,47,53,54). The van der Waals surface area contributed by atoms with Gasteiger partial charge in [0.15, 0.2) is 10.8 Å². The van der Waals surface area contributed by atoms with E-state index in [1.165, 1.54) is 11.1 Å². The number of ether oxygens (including phenoxy) is 1. The number of benzene rings is 2. The van der Waals surface area contributed by atoms with Crippen molar-refractivity contribution in [1.29, 1.82) is 5.26 Å². The lowest BCUT2D eigenvalue weighted by Crippen LogP contribution is -2.55. The molecule has 9 rings (SSSR count). The molecule has 5 fully saturated rings. The van der Waals surface area contributed by atoms with E-state index in [1.54, 1.807) is 18.2 Å². The minimum absolute atomic E-state index is 0.0886. The van der Waals surface area contributed by atoms with Crippen LogP contribution in [0.5, 0.6) is 5.75 Å². The summed E-state index contributed by atoms with van der Waals surface area (Å²) in [6, 6.07) is 13.9. The number of piperidine rings is 3. The monoisotopic (exact) mass is 834 g/mol. The van der Waals surface area contributed by atoms with Crippen LogP contribution in [-0.4, -0.2) is 99.8 Å². The summed E-state index contributed by atoms with van der Waals surface area (Å²) in [7, 11) is 0. The number of likely N-dealkylation sites (tertiary alicyclic amines) is 1. The highest BCUT2D eigenvalue weighted by molar-refractivity contribution is 7.81. The van der Waals surface area contributed by atoms with Gasteiger partial charge in [0.05, 0.1) is 28.0 Å². The SMILES string of the molecule is Cc1cc(N2C(=S)N(c3cnc(C#N)c(Cl)c3)C(=O)C23CCC3)ccc1OC1CCN(CC2CCN(c3ccc4c(c3)C(=O)N(C3CCC(=O)NC3=O)C4=O)CC2)CC1. The van der Waals surface area contributed by atoms with Crippen molar-refractivity contribution in [3.8, 4) is 11.8 Å². The molecule has 5 amide bonds. The molecule has 304 valence electrons. The number of nitrogens with one attached hydrogen (secondary N) is 1. The van der Waals surface area contributed by atoms with Gasteiger partial charge in [0.1, 0.15) is 29.5 Å². The predicted octanol–water partition coefficient (Wildman–Crippen LogP) is 5.14. The summed E-state index contributed by atoms with van der Waals surface area (Å²) < 4.78 is 6.57. The van der Waals surface area contributed by atoms with E-state index >= 15 is 0 Å². The quantitative estimate of drug-likeness (QED) is 0.236. The highest BCUT2D eigenvalue weighted by atomic mass is 35.5. The number of thiocarbonyl (C=S) groups is 1. The molecule has 16 heteroatoms. The largest absolute Gasteiger partial charge is 0.490 e. The van der Waals surface area contributed by atoms with Crippen molar-refractivity contribution in [1.82, 2.24) is 20.1 Å². The molecule has 1 aromatic heterocycles. The Kier molecular flexibility index (Phi) is 10.1. The third kappa shape index (κ3) is 6.80. The Hall–Kier alpha value is -5.43. The fourth-order valence-corrected chi connectivity index (χ4v) is 10.2. The summed E-state index contributed by atoms with van der Waals surface area (Å²) in [5.74, 6) is -0.726. The summed E-state index contributed by atoms with van der Waals surface area (Å²) in [5.41, 5.74) is 3.07. The van der Waals surface area contributed by atoms with Crippen LogP contribution in [0.15, 0.2) is 48.7 Å². The Bertz CT molecular complexity index is 2350. The van der Waals surface area contributed by atoms with Crippen molar-refractivity contribution in [3.05, 3.63) is 76.1 Å². The smallest absolute Gasteiger partial charge is 0.262 e. The lowest BCUT2D eigenvalue weighted by Gasteiger charge is -2.43. The van der Waals surface area contributed by atoms with Crippen LogP contribution in [0, 0.1) is 24.2 Å². The minimum Gasteiger partial charge on any atom is -0.490 e. The number of pyridine rings is 1. The maximum atomic E-state index is 13.9. The molecular formula is C43H43ClN8O6S. The molecule has 6 aliphatic rings. The summed E-state index contributed by atoms with van der Waals surface area (Å²) in [6.45, 7) is 6.62. The highest BCUT2D eigenvalue weighted by Crippen LogP contribution is 2.48. The molecule has 1 spiro atoms. The molecule has 1 N–H and O–H groups in total. The number of carbonyl (C=O) groups is 5. The van der Waals surface area contributed by atoms with Crippen LogP contribution in [0.4, 0.5) is 17.1 Å². The minimum atomic E-state index is -0.977. The molecule has 14 nitrogen and oxygen atoms in total. The predicted molar refractivity (Wildman–Crippen MR) is 222 cm³/mol. The van der Waals surface area contributed by atoms with Crippen LogP contribution in [0.1, 0.15) is 89.8 Å². The number of amides is 5. The first-order valence-corrected chi connectivity index (χ1v) is 21.1. The first-order valence-electron chi connectivity index (χ1n) is 20.3. The van der Waals surface area contributed by atoms with Gasteiger partial charge in [-0.2, -0.15) is 5.26 Å². The topological polar surface area (TPSA) is 159 Å². The number of anilines is 3. The average Bonchev–Trinajstić information content (AvgIpc) is 3.60. The van der Waals surface area contributed by atoms with E-state index < -0.39 is 35.2 Å². The number of nitriles is 1. The summed E-state index contributed by atoms with van der Waals surface area (Å²) in [6.07, 6.45) is 7.93. The molecule has 0 radical (unpaired) electrons. The Morgan fingerprint density at radius 3 is 2.31 bits per heavy atom. The molecule has 0 bridgehead atoms. The van der Waals surface area contributed by atoms with Crippen molar-refractivity contribution < 1.29 is 28.7 Å². The van der Waals surface area contributed by atoms with Crippen LogP contribution in [0.3, 0.4) is 0 Å². The van der Waals surface area contributed by atoms with Gasteiger partial charge >= 0.3 is 0 Å². The van der Waals surface area contributed by atoms with E-state index in [4.69, 9.17) is 28.6 Å². The Balaban J connectivity index is 0.770. The number of imide groups is 2. The molecule has 1 saturated carbocycles.